The molecule has 3 heterocycles. The van der Waals surface area contributed by atoms with E-state index in [4.69, 9.17) is 4.98 Å². The van der Waals surface area contributed by atoms with Gasteiger partial charge in [-0.2, -0.15) is 11.3 Å². The van der Waals surface area contributed by atoms with Crippen molar-refractivity contribution in [1.29, 1.82) is 0 Å². The maximum atomic E-state index is 4.77. The number of hydrogen-bond acceptors (Lipinski definition) is 4. The number of nitrogens with zero attached hydrogens (tertiary/aromatic N) is 3. The number of rotatable bonds is 3. The van der Waals surface area contributed by atoms with Gasteiger partial charge in [0.25, 0.3) is 0 Å². The summed E-state index contributed by atoms with van der Waals surface area (Å²) in [5, 5.41) is 7.69. The van der Waals surface area contributed by atoms with E-state index >= 15 is 0 Å². The van der Waals surface area contributed by atoms with E-state index in [2.05, 4.69) is 44.5 Å². The zero-order valence-electron chi connectivity index (χ0n) is 12.9. The monoisotopic (exact) mass is 320 g/mol. The summed E-state index contributed by atoms with van der Waals surface area (Å²) in [4.78, 5) is 9.35. The Labute approximate surface area is 138 Å². The van der Waals surface area contributed by atoms with Gasteiger partial charge in [0.1, 0.15) is 11.5 Å². The molecule has 0 radical (unpaired) electrons. The lowest BCUT2D eigenvalue weighted by Crippen LogP contribution is -2.01. The fraction of sp³-hybridized carbons (Fsp3) is 0.111. The molecule has 0 atom stereocenters. The first kappa shape index (κ1) is 14.0. The average molecular weight is 320 g/mol. The van der Waals surface area contributed by atoms with Crippen LogP contribution in [0, 0.1) is 13.8 Å². The highest BCUT2D eigenvalue weighted by Gasteiger charge is 2.17. The van der Waals surface area contributed by atoms with Gasteiger partial charge in [0.2, 0.25) is 5.78 Å². The molecule has 0 aliphatic carbocycles. The third-order valence-corrected chi connectivity index (χ3v) is 4.42. The van der Waals surface area contributed by atoms with Crippen LogP contribution in [0.4, 0.5) is 11.5 Å². The highest BCUT2D eigenvalue weighted by atomic mass is 32.1. The van der Waals surface area contributed by atoms with Crippen LogP contribution in [-0.4, -0.2) is 14.4 Å². The Hall–Kier alpha value is -2.66. The van der Waals surface area contributed by atoms with Crippen molar-refractivity contribution >= 4 is 28.6 Å². The van der Waals surface area contributed by atoms with Crippen LogP contribution in [0.1, 0.15) is 11.4 Å². The number of anilines is 2. The largest absolute Gasteiger partial charge is 0.339 e. The van der Waals surface area contributed by atoms with Crippen LogP contribution in [0.15, 0.2) is 53.2 Å². The zero-order chi connectivity index (χ0) is 15.8. The van der Waals surface area contributed by atoms with E-state index in [1.807, 2.05) is 37.3 Å². The molecule has 4 aromatic rings. The van der Waals surface area contributed by atoms with E-state index in [-0.39, 0.29) is 0 Å². The van der Waals surface area contributed by atoms with Gasteiger partial charge in [-0.05, 0) is 43.5 Å². The summed E-state index contributed by atoms with van der Waals surface area (Å²) >= 11 is 1.67. The minimum atomic E-state index is 0.724. The highest BCUT2D eigenvalue weighted by Crippen LogP contribution is 2.32. The van der Waals surface area contributed by atoms with E-state index in [1.165, 1.54) is 0 Å². The van der Waals surface area contributed by atoms with Crippen molar-refractivity contribution < 1.29 is 0 Å². The summed E-state index contributed by atoms with van der Waals surface area (Å²) in [5.41, 5.74) is 5.15. The number of para-hydroxylation sites is 1. The van der Waals surface area contributed by atoms with E-state index in [1.54, 1.807) is 11.3 Å². The second kappa shape index (κ2) is 5.52. The molecule has 1 aromatic carbocycles. The van der Waals surface area contributed by atoms with Crippen LogP contribution in [-0.2, 0) is 0 Å². The van der Waals surface area contributed by atoms with E-state index < -0.39 is 0 Å². The first-order valence-corrected chi connectivity index (χ1v) is 8.38. The van der Waals surface area contributed by atoms with E-state index in [0.29, 0.717) is 0 Å². The van der Waals surface area contributed by atoms with Gasteiger partial charge in [-0.25, -0.2) is 9.97 Å². The second-order valence-electron chi connectivity index (χ2n) is 5.49. The van der Waals surface area contributed by atoms with E-state index in [9.17, 15) is 0 Å². The molecule has 0 saturated carbocycles. The average Bonchev–Trinajstić information content (AvgIpc) is 3.16. The van der Waals surface area contributed by atoms with Crippen molar-refractivity contribution in [2.75, 3.05) is 5.32 Å². The lowest BCUT2D eigenvalue weighted by molar-refractivity contribution is 1.02. The van der Waals surface area contributed by atoms with Crippen LogP contribution in [0.2, 0.25) is 0 Å². The predicted molar refractivity (Wildman–Crippen MR) is 95.5 cm³/mol. The summed E-state index contributed by atoms with van der Waals surface area (Å²) in [6.07, 6.45) is 0. The molecule has 0 bridgehead atoms. The van der Waals surface area contributed by atoms with Gasteiger partial charge < -0.3 is 5.32 Å². The fourth-order valence-electron chi connectivity index (χ4n) is 2.75. The summed E-state index contributed by atoms with van der Waals surface area (Å²) < 4.78 is 2.08. The zero-order valence-corrected chi connectivity index (χ0v) is 13.8. The second-order valence-corrected chi connectivity index (χ2v) is 6.27. The number of nitrogens with one attached hydrogen (secondary N) is 1. The smallest absolute Gasteiger partial charge is 0.236 e. The van der Waals surface area contributed by atoms with Crippen molar-refractivity contribution in [1.82, 2.24) is 14.4 Å². The van der Waals surface area contributed by atoms with Crippen molar-refractivity contribution in [2.24, 2.45) is 0 Å². The molecule has 23 heavy (non-hydrogen) atoms. The number of benzene rings is 1. The molecular formula is C18H16N4S. The summed E-state index contributed by atoms with van der Waals surface area (Å²) in [6, 6.07) is 14.3. The highest BCUT2D eigenvalue weighted by molar-refractivity contribution is 7.08. The Morgan fingerprint density at radius 1 is 1.04 bits per heavy atom. The maximum absolute atomic E-state index is 4.77. The van der Waals surface area contributed by atoms with Gasteiger partial charge in [-0.1, -0.05) is 18.2 Å². The standard InChI is InChI=1S/C18H16N4S/c1-12-10-13(2)22-17(20-15-6-4-3-5-7-15)16(21-18(22)19-12)14-8-9-23-11-14/h3-11,20H,1-2H3. The molecule has 0 unspecified atom stereocenters. The van der Waals surface area contributed by atoms with E-state index in [0.717, 1.165) is 39.9 Å². The Bertz CT molecular complexity index is 956. The minimum Gasteiger partial charge on any atom is -0.339 e. The molecule has 0 aliphatic heterocycles. The van der Waals surface area contributed by atoms with Gasteiger partial charge in [0.15, 0.2) is 0 Å². The maximum Gasteiger partial charge on any atom is 0.236 e. The first-order chi connectivity index (χ1) is 11.2. The van der Waals surface area contributed by atoms with Gasteiger partial charge in [0, 0.05) is 28.0 Å². The van der Waals surface area contributed by atoms with Crippen molar-refractivity contribution in [2.45, 2.75) is 13.8 Å². The molecule has 0 amide bonds. The van der Waals surface area contributed by atoms with Crippen LogP contribution < -0.4 is 5.32 Å². The first-order valence-electron chi connectivity index (χ1n) is 7.44. The van der Waals surface area contributed by atoms with Crippen molar-refractivity contribution in [3.05, 3.63) is 64.6 Å². The summed E-state index contributed by atoms with van der Waals surface area (Å²) in [5.74, 6) is 1.68. The molecule has 0 fully saturated rings. The Balaban J connectivity index is 1.97. The minimum absolute atomic E-state index is 0.724. The number of imidazole rings is 1. The quantitative estimate of drug-likeness (QED) is 0.588. The summed E-state index contributed by atoms with van der Waals surface area (Å²) in [7, 11) is 0. The van der Waals surface area contributed by atoms with Crippen LogP contribution >= 0.6 is 11.3 Å². The van der Waals surface area contributed by atoms with Crippen molar-refractivity contribution in [3.8, 4) is 11.3 Å². The molecule has 5 heteroatoms. The third kappa shape index (κ3) is 2.49. The molecule has 114 valence electrons. The molecule has 0 aliphatic rings. The van der Waals surface area contributed by atoms with Gasteiger partial charge in [-0.15, -0.1) is 0 Å². The Morgan fingerprint density at radius 3 is 2.61 bits per heavy atom. The fourth-order valence-corrected chi connectivity index (χ4v) is 3.39. The number of fused-ring (bicyclic) bond motifs is 1. The lowest BCUT2D eigenvalue weighted by Gasteiger charge is -2.10. The number of hydrogen-bond donors (Lipinski definition) is 1. The van der Waals surface area contributed by atoms with Gasteiger partial charge in [-0.3, -0.25) is 4.40 Å². The Kier molecular flexibility index (Phi) is 3.35. The topological polar surface area (TPSA) is 42.2 Å². The van der Waals surface area contributed by atoms with Gasteiger partial charge in [0.05, 0.1) is 0 Å². The van der Waals surface area contributed by atoms with Crippen LogP contribution in [0.25, 0.3) is 17.0 Å². The molecule has 0 saturated heterocycles. The summed E-state index contributed by atoms with van der Waals surface area (Å²) in [6.45, 7) is 4.08. The van der Waals surface area contributed by atoms with Crippen molar-refractivity contribution in [3.63, 3.8) is 0 Å². The number of thiophene rings is 1. The number of aryl methyl sites for hydroxylation is 2. The molecule has 0 spiro atoms. The molecule has 4 nitrogen and oxygen atoms in total. The molecule has 1 N–H and O–H groups in total. The number of aromatic nitrogens is 3. The SMILES string of the molecule is Cc1cc(C)n2c(Nc3ccccc3)c(-c3ccsc3)nc2n1. The van der Waals surface area contributed by atoms with Gasteiger partial charge >= 0.3 is 0 Å². The molecular weight excluding hydrogens is 304 g/mol. The normalized spacial score (nSPS) is 11.0. The predicted octanol–water partition coefficient (Wildman–Crippen LogP) is 4.82. The lowest BCUT2D eigenvalue weighted by atomic mass is 10.2. The van der Waals surface area contributed by atoms with Crippen LogP contribution in [0.3, 0.4) is 0 Å². The molecule has 4 rings (SSSR count). The third-order valence-electron chi connectivity index (χ3n) is 3.74. The Morgan fingerprint density at radius 2 is 1.87 bits per heavy atom. The van der Waals surface area contributed by atoms with Crippen LogP contribution in [0.5, 0.6) is 0 Å². The molecule has 3 aromatic heterocycles.